The van der Waals surface area contributed by atoms with Gasteiger partial charge in [0.15, 0.2) is 5.78 Å². The van der Waals surface area contributed by atoms with Crippen molar-refractivity contribution < 1.29 is 9.21 Å². The lowest BCUT2D eigenvalue weighted by Gasteiger charge is -2.14. The van der Waals surface area contributed by atoms with E-state index >= 15 is 0 Å². The molecule has 0 radical (unpaired) electrons. The van der Waals surface area contributed by atoms with E-state index in [1.165, 1.54) is 5.56 Å². The van der Waals surface area contributed by atoms with E-state index in [-0.39, 0.29) is 5.78 Å². The first-order valence-electron chi connectivity index (χ1n) is 7.35. The second-order valence-electron chi connectivity index (χ2n) is 5.12. The Labute approximate surface area is 120 Å². The number of hydrogen-bond acceptors (Lipinski definition) is 2. The Balaban J connectivity index is 2.56. The monoisotopic (exact) mass is 270 g/mol. The molecule has 2 nitrogen and oxygen atoms in total. The summed E-state index contributed by atoms with van der Waals surface area (Å²) in [7, 11) is 0. The third kappa shape index (κ3) is 2.69. The van der Waals surface area contributed by atoms with E-state index in [4.69, 9.17) is 4.42 Å². The summed E-state index contributed by atoms with van der Waals surface area (Å²) in [5.41, 5.74) is 5.11. The number of benzene rings is 1. The van der Waals surface area contributed by atoms with Crippen molar-refractivity contribution in [2.75, 3.05) is 0 Å². The van der Waals surface area contributed by atoms with Crippen LogP contribution in [0.15, 0.2) is 28.9 Å². The smallest absolute Gasteiger partial charge is 0.196 e. The van der Waals surface area contributed by atoms with E-state index in [0.29, 0.717) is 5.56 Å². The first-order chi connectivity index (χ1) is 9.60. The first-order valence-corrected chi connectivity index (χ1v) is 7.35. The van der Waals surface area contributed by atoms with Crippen molar-refractivity contribution in [2.24, 2.45) is 0 Å². The van der Waals surface area contributed by atoms with Crippen LogP contribution < -0.4 is 0 Å². The summed E-state index contributed by atoms with van der Waals surface area (Å²) in [4.78, 5) is 12.8. The Morgan fingerprint density at radius 2 is 1.60 bits per heavy atom. The summed E-state index contributed by atoms with van der Waals surface area (Å²) in [5, 5.41) is 0. The molecule has 1 aromatic carbocycles. The first kappa shape index (κ1) is 14.6. The quantitative estimate of drug-likeness (QED) is 0.748. The summed E-state index contributed by atoms with van der Waals surface area (Å²) in [6.07, 6.45) is 4.31. The van der Waals surface area contributed by atoms with Gasteiger partial charge in [0.05, 0.1) is 5.56 Å². The maximum Gasteiger partial charge on any atom is 0.196 e. The number of carbonyl (C=O) groups is 1. The molecule has 0 N–H and O–H groups in total. The zero-order valence-corrected chi connectivity index (χ0v) is 12.7. The minimum Gasteiger partial charge on any atom is -0.469 e. The molecule has 0 amide bonds. The van der Waals surface area contributed by atoms with Crippen LogP contribution in [0.5, 0.6) is 0 Å². The Hall–Kier alpha value is -1.83. The SMILES string of the molecule is CCc1cc(CC)c(C(=O)c2coc(C)c2)c(CC)c1. The summed E-state index contributed by atoms with van der Waals surface area (Å²) in [6, 6.07) is 6.15. The molecule has 0 saturated heterocycles. The van der Waals surface area contributed by atoms with E-state index in [2.05, 4.69) is 32.9 Å². The van der Waals surface area contributed by atoms with Gasteiger partial charge in [-0.15, -0.1) is 0 Å². The fourth-order valence-corrected chi connectivity index (χ4v) is 2.60. The Bertz CT molecular complexity index is 595. The molecule has 2 heteroatoms. The zero-order chi connectivity index (χ0) is 14.7. The number of furan rings is 1. The van der Waals surface area contributed by atoms with Crippen molar-refractivity contribution in [3.63, 3.8) is 0 Å². The van der Waals surface area contributed by atoms with E-state index in [1.54, 1.807) is 6.26 Å². The van der Waals surface area contributed by atoms with Gasteiger partial charge in [0.1, 0.15) is 12.0 Å². The molecule has 0 bridgehead atoms. The highest BCUT2D eigenvalue weighted by molar-refractivity contribution is 6.10. The summed E-state index contributed by atoms with van der Waals surface area (Å²) < 4.78 is 5.28. The molecule has 0 aliphatic carbocycles. The lowest BCUT2D eigenvalue weighted by atomic mass is 9.89. The van der Waals surface area contributed by atoms with E-state index in [1.807, 2.05) is 13.0 Å². The van der Waals surface area contributed by atoms with E-state index in [9.17, 15) is 4.79 Å². The van der Waals surface area contributed by atoms with Crippen LogP contribution >= 0.6 is 0 Å². The largest absolute Gasteiger partial charge is 0.469 e. The third-order valence-corrected chi connectivity index (χ3v) is 3.75. The second-order valence-corrected chi connectivity index (χ2v) is 5.12. The fraction of sp³-hybridized carbons (Fsp3) is 0.389. The molecule has 106 valence electrons. The van der Waals surface area contributed by atoms with Crippen molar-refractivity contribution in [3.8, 4) is 0 Å². The molecule has 0 unspecified atom stereocenters. The zero-order valence-electron chi connectivity index (χ0n) is 12.7. The van der Waals surface area contributed by atoms with Crippen molar-refractivity contribution in [3.05, 3.63) is 58.0 Å². The van der Waals surface area contributed by atoms with Crippen LogP contribution in [0.25, 0.3) is 0 Å². The Morgan fingerprint density at radius 3 is 2.00 bits per heavy atom. The van der Waals surface area contributed by atoms with Gasteiger partial charge in [-0.3, -0.25) is 4.79 Å². The van der Waals surface area contributed by atoms with E-state index < -0.39 is 0 Å². The Morgan fingerprint density at radius 1 is 1.00 bits per heavy atom. The predicted molar refractivity (Wildman–Crippen MR) is 81.5 cm³/mol. The van der Waals surface area contributed by atoms with Gasteiger partial charge < -0.3 is 4.42 Å². The number of ketones is 1. The van der Waals surface area contributed by atoms with Crippen LogP contribution in [-0.2, 0) is 19.3 Å². The van der Waals surface area contributed by atoms with Crippen LogP contribution in [0.1, 0.15) is 59.1 Å². The lowest BCUT2D eigenvalue weighted by Crippen LogP contribution is -2.09. The van der Waals surface area contributed by atoms with Crippen LogP contribution in [0, 0.1) is 6.92 Å². The van der Waals surface area contributed by atoms with Gasteiger partial charge in [-0.25, -0.2) is 0 Å². The second kappa shape index (κ2) is 6.08. The standard InChI is InChI=1S/C18H22O2/c1-5-13-9-14(6-2)17(15(7-3)10-13)18(19)16-8-12(4)20-11-16/h8-11H,5-7H2,1-4H3. The predicted octanol–water partition coefficient (Wildman–Crippen LogP) is 4.51. The average molecular weight is 270 g/mol. The molecule has 0 aliphatic rings. The summed E-state index contributed by atoms with van der Waals surface area (Å²) in [5.74, 6) is 0.854. The molecule has 2 aromatic rings. The van der Waals surface area contributed by atoms with Gasteiger partial charge in [-0.05, 0) is 48.9 Å². The molecule has 2 rings (SSSR count). The molecule has 0 saturated carbocycles. The van der Waals surface area contributed by atoms with Gasteiger partial charge in [-0.1, -0.05) is 32.9 Å². The molecular weight excluding hydrogens is 248 g/mol. The Kier molecular flexibility index (Phi) is 4.43. The van der Waals surface area contributed by atoms with Gasteiger partial charge in [0.2, 0.25) is 0 Å². The summed E-state index contributed by atoms with van der Waals surface area (Å²) >= 11 is 0. The summed E-state index contributed by atoms with van der Waals surface area (Å²) in [6.45, 7) is 8.21. The number of carbonyl (C=O) groups excluding carboxylic acids is 1. The highest BCUT2D eigenvalue weighted by atomic mass is 16.3. The van der Waals surface area contributed by atoms with Crippen LogP contribution in [0.3, 0.4) is 0 Å². The van der Waals surface area contributed by atoms with Gasteiger partial charge in [0, 0.05) is 5.56 Å². The minimum absolute atomic E-state index is 0.0817. The normalized spacial score (nSPS) is 10.8. The average Bonchev–Trinajstić information content (AvgIpc) is 2.91. The van der Waals surface area contributed by atoms with Crippen LogP contribution in [0.4, 0.5) is 0 Å². The van der Waals surface area contributed by atoms with Crippen LogP contribution in [0.2, 0.25) is 0 Å². The molecule has 1 heterocycles. The fourth-order valence-electron chi connectivity index (χ4n) is 2.60. The maximum atomic E-state index is 12.8. The van der Waals surface area contributed by atoms with Gasteiger partial charge in [0.25, 0.3) is 0 Å². The molecule has 0 aliphatic heterocycles. The van der Waals surface area contributed by atoms with E-state index in [0.717, 1.165) is 41.7 Å². The highest BCUT2D eigenvalue weighted by Gasteiger charge is 2.19. The number of rotatable bonds is 5. The number of aryl methyl sites for hydroxylation is 4. The minimum atomic E-state index is 0.0817. The van der Waals surface area contributed by atoms with Crippen molar-refractivity contribution in [1.29, 1.82) is 0 Å². The van der Waals surface area contributed by atoms with Gasteiger partial charge in [-0.2, -0.15) is 0 Å². The molecule has 0 atom stereocenters. The van der Waals surface area contributed by atoms with Crippen LogP contribution in [-0.4, -0.2) is 5.78 Å². The molecule has 0 fully saturated rings. The van der Waals surface area contributed by atoms with Crippen molar-refractivity contribution >= 4 is 5.78 Å². The van der Waals surface area contributed by atoms with Gasteiger partial charge >= 0.3 is 0 Å². The van der Waals surface area contributed by atoms with Crippen molar-refractivity contribution in [2.45, 2.75) is 47.0 Å². The molecule has 1 aromatic heterocycles. The van der Waals surface area contributed by atoms with Crippen molar-refractivity contribution in [1.82, 2.24) is 0 Å². The third-order valence-electron chi connectivity index (χ3n) is 3.75. The topological polar surface area (TPSA) is 30.2 Å². The molecule has 0 spiro atoms. The number of hydrogen-bond donors (Lipinski definition) is 0. The maximum absolute atomic E-state index is 12.8. The molecule has 20 heavy (non-hydrogen) atoms. The molecular formula is C18H22O2. The lowest BCUT2D eigenvalue weighted by molar-refractivity contribution is 0.103. The highest BCUT2D eigenvalue weighted by Crippen LogP contribution is 2.24.